The van der Waals surface area contributed by atoms with Crippen LogP contribution < -0.4 is 10.5 Å². The number of sulfonamides is 1. The van der Waals surface area contributed by atoms with E-state index in [4.69, 9.17) is 17.3 Å². The van der Waals surface area contributed by atoms with Crippen LogP contribution in [0, 0.1) is 6.92 Å². The highest BCUT2D eigenvalue weighted by atomic mass is 35.5. The predicted molar refractivity (Wildman–Crippen MR) is 69.6 cm³/mol. The molecular weight excluding hydrogens is 260 g/mol. The number of nitrogens with two attached hydrogens (primary N) is 1. The van der Waals surface area contributed by atoms with Crippen LogP contribution in [0.1, 0.15) is 19.4 Å². The molecule has 0 aliphatic heterocycles. The molecule has 1 rings (SSSR count). The van der Waals surface area contributed by atoms with E-state index in [-0.39, 0.29) is 11.4 Å². The normalized spacial score (nSPS) is 12.8. The molecule has 4 nitrogen and oxygen atoms in total. The average Bonchev–Trinajstić information content (AvgIpc) is 2.20. The summed E-state index contributed by atoms with van der Waals surface area (Å²) in [5.41, 5.74) is 5.47. The summed E-state index contributed by atoms with van der Waals surface area (Å²) < 4.78 is 26.9. The Morgan fingerprint density at radius 1 is 1.41 bits per heavy atom. The third-order valence-corrected chi connectivity index (χ3v) is 4.44. The fraction of sp³-hybridized carbons (Fsp3) is 0.455. The van der Waals surface area contributed by atoms with E-state index in [1.165, 1.54) is 6.07 Å². The maximum Gasteiger partial charge on any atom is 0.241 e. The van der Waals surface area contributed by atoms with Gasteiger partial charge < -0.3 is 5.73 Å². The number of hydrogen-bond donors (Lipinski definition) is 2. The summed E-state index contributed by atoms with van der Waals surface area (Å²) in [6.07, 6.45) is 0. The van der Waals surface area contributed by atoms with E-state index in [1.54, 1.807) is 32.9 Å². The highest BCUT2D eigenvalue weighted by molar-refractivity contribution is 7.89. The van der Waals surface area contributed by atoms with Crippen molar-refractivity contribution in [3.63, 3.8) is 0 Å². The van der Waals surface area contributed by atoms with E-state index in [9.17, 15) is 8.42 Å². The molecule has 0 atom stereocenters. The third kappa shape index (κ3) is 3.67. The Labute approximate surface area is 107 Å². The molecule has 0 heterocycles. The summed E-state index contributed by atoms with van der Waals surface area (Å²) in [4.78, 5) is 0.187. The summed E-state index contributed by atoms with van der Waals surface area (Å²) in [6, 6.07) is 4.77. The largest absolute Gasteiger partial charge is 0.329 e. The highest BCUT2D eigenvalue weighted by Gasteiger charge is 2.26. The van der Waals surface area contributed by atoms with Crippen LogP contribution >= 0.6 is 11.6 Å². The molecule has 0 unspecified atom stereocenters. The second kappa shape index (κ2) is 4.94. The zero-order chi connectivity index (χ0) is 13.3. The van der Waals surface area contributed by atoms with Gasteiger partial charge in [-0.3, -0.25) is 0 Å². The van der Waals surface area contributed by atoms with E-state index in [1.807, 2.05) is 0 Å². The van der Waals surface area contributed by atoms with Crippen LogP contribution in [0.4, 0.5) is 0 Å². The van der Waals surface area contributed by atoms with Crippen LogP contribution in [0.2, 0.25) is 5.02 Å². The first kappa shape index (κ1) is 14.4. The van der Waals surface area contributed by atoms with Crippen molar-refractivity contribution in [3.8, 4) is 0 Å². The molecule has 0 aliphatic rings. The van der Waals surface area contributed by atoms with Gasteiger partial charge in [0.05, 0.1) is 4.90 Å². The smallest absolute Gasteiger partial charge is 0.241 e. The molecule has 0 spiro atoms. The fourth-order valence-corrected chi connectivity index (χ4v) is 3.26. The van der Waals surface area contributed by atoms with Crippen LogP contribution in [0.5, 0.6) is 0 Å². The van der Waals surface area contributed by atoms with Crippen molar-refractivity contribution in [1.82, 2.24) is 4.72 Å². The molecule has 6 heteroatoms. The topological polar surface area (TPSA) is 72.2 Å². The number of nitrogens with one attached hydrogen (secondary N) is 1. The van der Waals surface area contributed by atoms with Gasteiger partial charge in [0.25, 0.3) is 0 Å². The van der Waals surface area contributed by atoms with Crippen molar-refractivity contribution < 1.29 is 8.42 Å². The Hall–Kier alpha value is -0.620. The summed E-state index contributed by atoms with van der Waals surface area (Å²) in [7, 11) is -3.60. The van der Waals surface area contributed by atoms with Crippen molar-refractivity contribution in [1.29, 1.82) is 0 Å². The molecule has 0 aromatic heterocycles. The molecule has 17 heavy (non-hydrogen) atoms. The maximum absolute atomic E-state index is 12.2. The van der Waals surface area contributed by atoms with Crippen LogP contribution in [0.25, 0.3) is 0 Å². The SMILES string of the molecule is Cc1ccc(Cl)cc1S(=O)(=O)NC(C)(C)CN. The Balaban J connectivity index is 3.18. The first-order valence-electron chi connectivity index (χ1n) is 5.18. The lowest BCUT2D eigenvalue weighted by Crippen LogP contribution is -2.48. The summed E-state index contributed by atoms with van der Waals surface area (Å²) >= 11 is 5.81. The molecule has 0 bridgehead atoms. The van der Waals surface area contributed by atoms with E-state index in [2.05, 4.69) is 4.72 Å². The van der Waals surface area contributed by atoms with Gasteiger partial charge >= 0.3 is 0 Å². The molecule has 96 valence electrons. The summed E-state index contributed by atoms with van der Waals surface area (Å²) in [5, 5.41) is 0.390. The van der Waals surface area contributed by atoms with Crippen molar-refractivity contribution in [2.45, 2.75) is 31.2 Å². The molecule has 3 N–H and O–H groups in total. The highest BCUT2D eigenvalue weighted by Crippen LogP contribution is 2.21. The molecule has 0 saturated heterocycles. The van der Waals surface area contributed by atoms with Gasteiger partial charge in [-0.15, -0.1) is 0 Å². The standard InChI is InChI=1S/C11H17ClN2O2S/c1-8-4-5-9(12)6-10(8)17(15,16)14-11(2,3)7-13/h4-6,14H,7,13H2,1-3H3. The van der Waals surface area contributed by atoms with E-state index >= 15 is 0 Å². The second-order valence-corrected chi connectivity index (χ2v) is 6.69. The van der Waals surface area contributed by atoms with Crippen LogP contribution in [0.3, 0.4) is 0 Å². The van der Waals surface area contributed by atoms with Gasteiger partial charge in [0, 0.05) is 17.1 Å². The lowest BCUT2D eigenvalue weighted by Gasteiger charge is -2.24. The molecule has 0 radical (unpaired) electrons. The Kier molecular flexibility index (Phi) is 4.19. The van der Waals surface area contributed by atoms with Crippen LogP contribution in [-0.2, 0) is 10.0 Å². The molecule has 0 amide bonds. The molecule has 0 saturated carbocycles. The zero-order valence-electron chi connectivity index (χ0n) is 10.1. The molecule has 1 aromatic rings. The van der Waals surface area contributed by atoms with Crippen LogP contribution in [-0.4, -0.2) is 20.5 Å². The van der Waals surface area contributed by atoms with E-state index in [0.29, 0.717) is 10.6 Å². The van der Waals surface area contributed by atoms with Gasteiger partial charge in [0.1, 0.15) is 0 Å². The van der Waals surface area contributed by atoms with Gasteiger partial charge in [-0.2, -0.15) is 0 Å². The van der Waals surface area contributed by atoms with Gasteiger partial charge in [-0.1, -0.05) is 17.7 Å². The molecule has 1 aromatic carbocycles. The monoisotopic (exact) mass is 276 g/mol. The Morgan fingerprint density at radius 2 is 2.00 bits per heavy atom. The maximum atomic E-state index is 12.2. The van der Waals surface area contributed by atoms with Crippen molar-refractivity contribution in [2.24, 2.45) is 5.73 Å². The minimum Gasteiger partial charge on any atom is -0.329 e. The quantitative estimate of drug-likeness (QED) is 0.879. The van der Waals surface area contributed by atoms with E-state index < -0.39 is 15.6 Å². The van der Waals surface area contributed by atoms with Gasteiger partial charge in [0.2, 0.25) is 10.0 Å². The summed E-state index contributed by atoms with van der Waals surface area (Å²) in [6.45, 7) is 5.39. The van der Waals surface area contributed by atoms with E-state index in [0.717, 1.165) is 0 Å². The number of hydrogen-bond acceptors (Lipinski definition) is 3. The molecule has 0 aliphatic carbocycles. The van der Waals surface area contributed by atoms with Gasteiger partial charge in [0.15, 0.2) is 0 Å². The minimum absolute atomic E-state index is 0.187. The third-order valence-electron chi connectivity index (χ3n) is 2.36. The number of benzene rings is 1. The van der Waals surface area contributed by atoms with Crippen molar-refractivity contribution in [2.75, 3.05) is 6.54 Å². The lowest BCUT2D eigenvalue weighted by atomic mass is 10.1. The number of rotatable bonds is 4. The van der Waals surface area contributed by atoms with Gasteiger partial charge in [-0.05, 0) is 38.5 Å². The number of halogens is 1. The van der Waals surface area contributed by atoms with Gasteiger partial charge in [-0.25, -0.2) is 13.1 Å². The Bertz CT molecular complexity index is 512. The minimum atomic E-state index is -3.60. The van der Waals surface area contributed by atoms with Crippen LogP contribution in [0.15, 0.2) is 23.1 Å². The lowest BCUT2D eigenvalue weighted by molar-refractivity contribution is 0.462. The second-order valence-electron chi connectivity index (χ2n) is 4.60. The fourth-order valence-electron chi connectivity index (χ4n) is 1.32. The first-order valence-corrected chi connectivity index (χ1v) is 7.04. The Morgan fingerprint density at radius 3 is 2.53 bits per heavy atom. The van der Waals surface area contributed by atoms with Crippen molar-refractivity contribution >= 4 is 21.6 Å². The van der Waals surface area contributed by atoms with Crippen molar-refractivity contribution in [3.05, 3.63) is 28.8 Å². The average molecular weight is 277 g/mol. The zero-order valence-corrected chi connectivity index (χ0v) is 11.7. The predicted octanol–water partition coefficient (Wildman–Crippen LogP) is 1.66. The summed E-state index contributed by atoms with van der Waals surface area (Å²) in [5.74, 6) is 0. The molecular formula is C11H17ClN2O2S. The number of aryl methyl sites for hydroxylation is 1. The first-order chi connectivity index (χ1) is 7.68. The molecule has 0 fully saturated rings.